The van der Waals surface area contributed by atoms with E-state index in [4.69, 9.17) is 0 Å². The number of rotatable bonds is 2. The Hall–Kier alpha value is -3.86. The molecule has 4 heteroatoms. The van der Waals surface area contributed by atoms with Crippen LogP contribution < -0.4 is 0 Å². The van der Waals surface area contributed by atoms with Crippen molar-refractivity contribution in [3.8, 4) is 33.8 Å². The van der Waals surface area contributed by atoms with Gasteiger partial charge in [0, 0.05) is 51.5 Å². The molecule has 0 fully saturated rings. The largest absolute Gasteiger partial charge is 0.507 e. The zero-order valence-electron chi connectivity index (χ0n) is 17.9. The summed E-state index contributed by atoms with van der Waals surface area (Å²) in [5, 5.41) is 26.8. The number of hydrogen-bond acceptors (Lipinski definition) is 4. The molecule has 0 bridgehead atoms. The maximum Gasteiger partial charge on any atom is 0.124 e. The van der Waals surface area contributed by atoms with Crippen molar-refractivity contribution in [2.24, 2.45) is 0 Å². The zero-order chi connectivity index (χ0) is 22.8. The van der Waals surface area contributed by atoms with Gasteiger partial charge in [0.05, 0.1) is 0 Å². The fraction of sp³-hybridized carbons (Fsp3) is 0. The Bertz CT molecular complexity index is 1750. The van der Waals surface area contributed by atoms with E-state index in [0.29, 0.717) is 11.1 Å². The average molecular weight is 475 g/mol. The third kappa shape index (κ3) is 2.93. The van der Waals surface area contributed by atoms with Crippen molar-refractivity contribution in [1.82, 2.24) is 0 Å². The summed E-state index contributed by atoms with van der Waals surface area (Å²) in [6.45, 7) is 0. The highest BCUT2D eigenvalue weighted by atomic mass is 32.1. The van der Waals surface area contributed by atoms with E-state index in [1.807, 2.05) is 24.3 Å². The van der Waals surface area contributed by atoms with Gasteiger partial charge in [-0.15, -0.1) is 22.7 Å². The summed E-state index contributed by atoms with van der Waals surface area (Å²) in [5.41, 5.74) is 3.02. The first kappa shape index (κ1) is 19.6. The number of phenols is 2. The summed E-state index contributed by atoms with van der Waals surface area (Å²) in [7, 11) is 0. The lowest BCUT2D eigenvalue weighted by atomic mass is 9.96. The van der Waals surface area contributed by atoms with Gasteiger partial charge in [0.15, 0.2) is 0 Å². The van der Waals surface area contributed by atoms with Crippen LogP contribution in [0.5, 0.6) is 11.5 Å². The monoisotopic (exact) mass is 474 g/mol. The Kier molecular flexibility index (Phi) is 4.22. The van der Waals surface area contributed by atoms with Crippen LogP contribution in [0, 0.1) is 0 Å². The van der Waals surface area contributed by atoms with E-state index in [1.165, 1.54) is 29.6 Å². The summed E-state index contributed by atoms with van der Waals surface area (Å²) in [4.78, 5) is 0. The third-order valence-corrected chi connectivity index (χ3v) is 8.79. The van der Waals surface area contributed by atoms with Gasteiger partial charge < -0.3 is 10.2 Å². The molecular formula is C30H18O2S2. The lowest BCUT2D eigenvalue weighted by molar-refractivity contribution is 0.463. The molecule has 0 aliphatic heterocycles. The molecule has 2 N–H and O–H groups in total. The van der Waals surface area contributed by atoms with Crippen molar-refractivity contribution in [2.75, 3.05) is 0 Å². The van der Waals surface area contributed by atoms with Crippen LogP contribution in [-0.2, 0) is 0 Å². The standard InChI is InChI=1S/C30H18O2S2/c31-25-16-22(18-10-12-30-24(14-18)20-6-2-4-8-28(20)34-30)26(32)15-21(25)17-9-11-29-23(13-17)19-5-1-3-7-27(19)33-29/h1-16,31-32H. The molecule has 0 aliphatic rings. The van der Waals surface area contributed by atoms with E-state index >= 15 is 0 Å². The average Bonchev–Trinajstić information content (AvgIpc) is 3.42. The topological polar surface area (TPSA) is 40.5 Å². The molecule has 0 amide bonds. The van der Waals surface area contributed by atoms with E-state index in [1.54, 1.807) is 34.8 Å². The van der Waals surface area contributed by atoms with E-state index < -0.39 is 0 Å². The first-order chi connectivity index (χ1) is 16.7. The van der Waals surface area contributed by atoms with Crippen molar-refractivity contribution in [3.63, 3.8) is 0 Å². The van der Waals surface area contributed by atoms with Crippen LogP contribution in [0.1, 0.15) is 0 Å². The third-order valence-electron chi connectivity index (χ3n) is 6.49. The molecule has 0 radical (unpaired) electrons. The number of fused-ring (bicyclic) bond motifs is 6. The summed E-state index contributed by atoms with van der Waals surface area (Å²) < 4.78 is 4.91. The minimum absolute atomic E-state index is 0.155. The maximum atomic E-state index is 11.0. The smallest absolute Gasteiger partial charge is 0.124 e. The van der Waals surface area contributed by atoms with Gasteiger partial charge in [-0.1, -0.05) is 48.5 Å². The summed E-state index contributed by atoms with van der Waals surface area (Å²) in [5.74, 6) is 0.309. The van der Waals surface area contributed by atoms with Gasteiger partial charge in [0.2, 0.25) is 0 Å². The minimum atomic E-state index is 0.155. The second kappa shape index (κ2) is 7.32. The number of hydrogen-bond donors (Lipinski definition) is 2. The van der Waals surface area contributed by atoms with Crippen LogP contribution in [0.15, 0.2) is 97.1 Å². The highest BCUT2D eigenvalue weighted by Crippen LogP contribution is 2.44. The van der Waals surface area contributed by atoms with Crippen LogP contribution in [0.4, 0.5) is 0 Å². The Morgan fingerprint density at radius 1 is 0.412 bits per heavy atom. The highest BCUT2D eigenvalue weighted by Gasteiger charge is 2.15. The van der Waals surface area contributed by atoms with Gasteiger partial charge >= 0.3 is 0 Å². The molecule has 0 atom stereocenters. The van der Waals surface area contributed by atoms with E-state index in [0.717, 1.165) is 21.9 Å². The molecule has 162 valence electrons. The molecule has 2 aromatic heterocycles. The Morgan fingerprint density at radius 2 is 0.824 bits per heavy atom. The van der Waals surface area contributed by atoms with Gasteiger partial charge in [-0.25, -0.2) is 0 Å². The van der Waals surface area contributed by atoms with Crippen LogP contribution in [0.25, 0.3) is 62.6 Å². The molecule has 0 saturated carbocycles. The SMILES string of the molecule is Oc1cc(-c2ccc3sc4ccccc4c3c2)c(O)cc1-c1ccc2sc3ccccc3c2c1. The highest BCUT2D eigenvalue weighted by molar-refractivity contribution is 7.26. The number of thiophene rings is 2. The van der Waals surface area contributed by atoms with Crippen LogP contribution >= 0.6 is 22.7 Å². The number of benzene rings is 5. The molecule has 0 unspecified atom stereocenters. The Morgan fingerprint density at radius 3 is 1.29 bits per heavy atom. The van der Waals surface area contributed by atoms with Crippen molar-refractivity contribution in [1.29, 1.82) is 0 Å². The van der Waals surface area contributed by atoms with E-state index in [2.05, 4.69) is 60.7 Å². The van der Waals surface area contributed by atoms with Gasteiger partial charge in [-0.2, -0.15) is 0 Å². The Balaban J connectivity index is 1.37. The quantitative estimate of drug-likeness (QED) is 0.245. The second-order valence-electron chi connectivity index (χ2n) is 8.50. The van der Waals surface area contributed by atoms with Gasteiger partial charge in [-0.05, 0) is 59.7 Å². The van der Waals surface area contributed by atoms with Gasteiger partial charge in [-0.3, -0.25) is 0 Å². The van der Waals surface area contributed by atoms with Gasteiger partial charge in [0.1, 0.15) is 11.5 Å². The molecule has 7 aromatic rings. The molecular weight excluding hydrogens is 456 g/mol. The molecule has 2 heterocycles. The predicted molar refractivity (Wildman–Crippen MR) is 146 cm³/mol. The molecule has 0 aliphatic carbocycles. The molecule has 34 heavy (non-hydrogen) atoms. The Labute approximate surface area is 203 Å². The molecule has 7 rings (SSSR count). The fourth-order valence-electron chi connectivity index (χ4n) is 4.83. The van der Waals surface area contributed by atoms with Crippen molar-refractivity contribution in [3.05, 3.63) is 97.1 Å². The number of aromatic hydroxyl groups is 2. The first-order valence-corrected chi connectivity index (χ1v) is 12.7. The van der Waals surface area contributed by atoms with E-state index in [9.17, 15) is 10.2 Å². The fourth-order valence-corrected chi connectivity index (χ4v) is 7.00. The normalized spacial score (nSPS) is 11.8. The van der Waals surface area contributed by atoms with Gasteiger partial charge in [0.25, 0.3) is 0 Å². The maximum absolute atomic E-state index is 11.0. The molecule has 2 nitrogen and oxygen atoms in total. The summed E-state index contributed by atoms with van der Waals surface area (Å²) >= 11 is 3.53. The summed E-state index contributed by atoms with van der Waals surface area (Å²) in [6, 6.07) is 32.5. The number of phenolic OH excluding ortho intramolecular Hbond substituents is 2. The van der Waals surface area contributed by atoms with Crippen molar-refractivity contribution < 1.29 is 10.2 Å². The predicted octanol–water partition coefficient (Wildman–Crippen LogP) is 9.17. The van der Waals surface area contributed by atoms with Crippen LogP contribution in [0.3, 0.4) is 0 Å². The van der Waals surface area contributed by atoms with Crippen LogP contribution in [-0.4, -0.2) is 10.2 Å². The lowest BCUT2D eigenvalue weighted by Crippen LogP contribution is -1.84. The first-order valence-electron chi connectivity index (χ1n) is 11.0. The van der Waals surface area contributed by atoms with Crippen molar-refractivity contribution in [2.45, 2.75) is 0 Å². The second-order valence-corrected chi connectivity index (χ2v) is 10.7. The van der Waals surface area contributed by atoms with Crippen LogP contribution in [0.2, 0.25) is 0 Å². The van der Waals surface area contributed by atoms with E-state index in [-0.39, 0.29) is 11.5 Å². The molecule has 0 saturated heterocycles. The van der Waals surface area contributed by atoms with Crippen molar-refractivity contribution >= 4 is 63.0 Å². The minimum Gasteiger partial charge on any atom is -0.507 e. The zero-order valence-corrected chi connectivity index (χ0v) is 19.6. The summed E-state index contributed by atoms with van der Waals surface area (Å²) in [6.07, 6.45) is 0. The molecule has 5 aromatic carbocycles. The molecule has 0 spiro atoms. The lowest BCUT2D eigenvalue weighted by Gasteiger charge is -2.11.